The number of nitriles is 1. The van der Waals surface area contributed by atoms with E-state index in [4.69, 9.17) is 5.26 Å². The number of nitrogens with zero attached hydrogens (tertiary/aromatic N) is 3. The number of hydrogen-bond acceptors (Lipinski definition) is 3. The summed E-state index contributed by atoms with van der Waals surface area (Å²) in [5.41, 5.74) is 1.51. The van der Waals surface area contributed by atoms with Gasteiger partial charge in [-0.25, -0.2) is 0 Å². The Morgan fingerprint density at radius 3 is 2.87 bits per heavy atom. The van der Waals surface area contributed by atoms with Crippen LogP contribution in [0.25, 0.3) is 6.08 Å². The standard InChI is InChI=1S/C19H23N3O/c20-14-17-6-3-5-16(13-17)8-9-19(23)22-12-4-7-18(22)15-21-10-1-2-11-21/h3,5-6,8-9,13,18H,1-2,4,7,10-12,15H2/b9-8+. The maximum atomic E-state index is 12.5. The molecule has 0 aliphatic carbocycles. The fourth-order valence-corrected chi connectivity index (χ4v) is 3.55. The lowest BCUT2D eigenvalue weighted by molar-refractivity contribution is -0.127. The molecule has 2 saturated heterocycles. The van der Waals surface area contributed by atoms with Crippen molar-refractivity contribution in [3.63, 3.8) is 0 Å². The van der Waals surface area contributed by atoms with Gasteiger partial charge in [0.05, 0.1) is 11.6 Å². The molecule has 4 nitrogen and oxygen atoms in total. The molecular weight excluding hydrogens is 286 g/mol. The van der Waals surface area contributed by atoms with E-state index in [9.17, 15) is 4.79 Å². The van der Waals surface area contributed by atoms with Crippen molar-refractivity contribution in [1.29, 1.82) is 5.26 Å². The molecule has 0 N–H and O–H groups in total. The molecule has 3 rings (SSSR count). The molecule has 1 amide bonds. The molecule has 1 atom stereocenters. The van der Waals surface area contributed by atoms with Crippen molar-refractivity contribution >= 4 is 12.0 Å². The highest BCUT2D eigenvalue weighted by Crippen LogP contribution is 2.21. The van der Waals surface area contributed by atoms with Gasteiger partial charge in [0.25, 0.3) is 0 Å². The molecule has 23 heavy (non-hydrogen) atoms. The van der Waals surface area contributed by atoms with E-state index in [0.29, 0.717) is 11.6 Å². The van der Waals surface area contributed by atoms with E-state index in [1.165, 1.54) is 25.9 Å². The third-order valence-corrected chi connectivity index (χ3v) is 4.76. The largest absolute Gasteiger partial charge is 0.335 e. The predicted octanol–water partition coefficient (Wildman–Crippen LogP) is 2.66. The average Bonchev–Trinajstić information content (AvgIpc) is 3.25. The molecule has 0 saturated carbocycles. The number of likely N-dealkylation sites (tertiary alicyclic amines) is 2. The maximum Gasteiger partial charge on any atom is 0.246 e. The van der Waals surface area contributed by atoms with Crippen LogP contribution in [-0.2, 0) is 4.79 Å². The van der Waals surface area contributed by atoms with Crippen molar-refractivity contribution < 1.29 is 4.79 Å². The van der Waals surface area contributed by atoms with Gasteiger partial charge in [0, 0.05) is 25.2 Å². The first-order chi connectivity index (χ1) is 11.3. The van der Waals surface area contributed by atoms with Crippen molar-refractivity contribution in [2.45, 2.75) is 31.7 Å². The van der Waals surface area contributed by atoms with Crippen LogP contribution in [0.5, 0.6) is 0 Å². The van der Waals surface area contributed by atoms with Gasteiger partial charge in [-0.15, -0.1) is 0 Å². The Balaban J connectivity index is 1.61. The smallest absolute Gasteiger partial charge is 0.246 e. The molecule has 2 fully saturated rings. The Morgan fingerprint density at radius 2 is 2.09 bits per heavy atom. The summed E-state index contributed by atoms with van der Waals surface area (Å²) in [6.07, 6.45) is 8.25. The van der Waals surface area contributed by atoms with Gasteiger partial charge in [-0.05, 0) is 62.5 Å². The minimum absolute atomic E-state index is 0.0917. The second-order valence-corrected chi connectivity index (χ2v) is 6.41. The van der Waals surface area contributed by atoms with E-state index in [2.05, 4.69) is 11.0 Å². The van der Waals surface area contributed by atoms with Gasteiger partial charge in [0.2, 0.25) is 5.91 Å². The number of amides is 1. The highest BCUT2D eigenvalue weighted by atomic mass is 16.2. The number of rotatable bonds is 4. The van der Waals surface area contributed by atoms with Crippen LogP contribution >= 0.6 is 0 Å². The minimum atomic E-state index is 0.0917. The van der Waals surface area contributed by atoms with Crippen molar-refractivity contribution in [1.82, 2.24) is 9.80 Å². The number of benzene rings is 1. The molecular formula is C19H23N3O. The first kappa shape index (κ1) is 15.8. The summed E-state index contributed by atoms with van der Waals surface area (Å²) in [4.78, 5) is 17.0. The molecule has 2 aliphatic rings. The number of carbonyl (C=O) groups is 1. The number of carbonyl (C=O) groups excluding carboxylic acids is 1. The predicted molar refractivity (Wildman–Crippen MR) is 90.6 cm³/mol. The summed E-state index contributed by atoms with van der Waals surface area (Å²) < 4.78 is 0. The monoisotopic (exact) mass is 309 g/mol. The molecule has 0 spiro atoms. The molecule has 0 bridgehead atoms. The SMILES string of the molecule is N#Cc1cccc(/C=C/C(=O)N2CCCC2CN2CCCC2)c1. The zero-order valence-electron chi connectivity index (χ0n) is 13.4. The third-order valence-electron chi connectivity index (χ3n) is 4.76. The molecule has 2 aliphatic heterocycles. The summed E-state index contributed by atoms with van der Waals surface area (Å²) in [5, 5.41) is 8.93. The minimum Gasteiger partial charge on any atom is -0.335 e. The van der Waals surface area contributed by atoms with Crippen molar-refractivity contribution in [2.75, 3.05) is 26.2 Å². The number of hydrogen-bond donors (Lipinski definition) is 0. The van der Waals surface area contributed by atoms with Crippen LogP contribution < -0.4 is 0 Å². The van der Waals surface area contributed by atoms with Crippen LogP contribution in [0.15, 0.2) is 30.3 Å². The van der Waals surface area contributed by atoms with Crippen molar-refractivity contribution in [3.8, 4) is 6.07 Å². The second kappa shape index (κ2) is 7.43. The van der Waals surface area contributed by atoms with E-state index in [-0.39, 0.29) is 5.91 Å². The Kier molecular flexibility index (Phi) is 5.09. The van der Waals surface area contributed by atoms with E-state index < -0.39 is 0 Å². The highest BCUT2D eigenvalue weighted by Gasteiger charge is 2.29. The van der Waals surface area contributed by atoms with Gasteiger partial charge < -0.3 is 9.80 Å². The molecule has 1 unspecified atom stereocenters. The van der Waals surface area contributed by atoms with Gasteiger partial charge in [-0.3, -0.25) is 4.79 Å². The summed E-state index contributed by atoms with van der Waals surface area (Å²) in [6, 6.07) is 9.81. The molecule has 4 heteroatoms. The van der Waals surface area contributed by atoms with Crippen molar-refractivity contribution in [2.24, 2.45) is 0 Å². The lowest BCUT2D eigenvalue weighted by atomic mass is 10.1. The normalized spacial score (nSPS) is 21.9. The van der Waals surface area contributed by atoms with Gasteiger partial charge in [0.1, 0.15) is 0 Å². The lowest BCUT2D eigenvalue weighted by Gasteiger charge is -2.27. The first-order valence-electron chi connectivity index (χ1n) is 8.47. The molecule has 120 valence electrons. The van der Waals surface area contributed by atoms with Crippen LogP contribution in [-0.4, -0.2) is 47.9 Å². The molecule has 1 aromatic carbocycles. The van der Waals surface area contributed by atoms with E-state index >= 15 is 0 Å². The first-order valence-corrected chi connectivity index (χ1v) is 8.47. The zero-order valence-corrected chi connectivity index (χ0v) is 13.4. The summed E-state index contributed by atoms with van der Waals surface area (Å²) in [5.74, 6) is 0.0917. The fraction of sp³-hybridized carbons (Fsp3) is 0.474. The van der Waals surface area contributed by atoms with Gasteiger partial charge in [-0.1, -0.05) is 12.1 Å². The van der Waals surface area contributed by atoms with E-state index in [1.54, 1.807) is 18.2 Å². The van der Waals surface area contributed by atoms with Gasteiger partial charge in [0.15, 0.2) is 0 Å². The van der Waals surface area contributed by atoms with Crippen LogP contribution in [0.3, 0.4) is 0 Å². The average molecular weight is 309 g/mol. The van der Waals surface area contributed by atoms with Crippen LogP contribution in [0.2, 0.25) is 0 Å². The fourth-order valence-electron chi connectivity index (χ4n) is 3.55. The quantitative estimate of drug-likeness (QED) is 0.803. The molecule has 1 aromatic rings. The molecule has 0 radical (unpaired) electrons. The second-order valence-electron chi connectivity index (χ2n) is 6.41. The Morgan fingerprint density at radius 1 is 1.26 bits per heavy atom. The lowest BCUT2D eigenvalue weighted by Crippen LogP contribution is -2.41. The Hall–Kier alpha value is -2.12. The van der Waals surface area contributed by atoms with Gasteiger partial charge in [-0.2, -0.15) is 5.26 Å². The third kappa shape index (κ3) is 4.00. The summed E-state index contributed by atoms with van der Waals surface area (Å²) >= 11 is 0. The van der Waals surface area contributed by atoms with Crippen LogP contribution in [0.1, 0.15) is 36.8 Å². The topological polar surface area (TPSA) is 47.3 Å². The van der Waals surface area contributed by atoms with Crippen molar-refractivity contribution in [3.05, 3.63) is 41.5 Å². The molecule has 0 aromatic heterocycles. The molecule has 2 heterocycles. The van der Waals surface area contributed by atoms with E-state index in [0.717, 1.165) is 31.5 Å². The Bertz CT molecular complexity index is 626. The zero-order chi connectivity index (χ0) is 16.1. The summed E-state index contributed by atoms with van der Waals surface area (Å²) in [7, 11) is 0. The highest BCUT2D eigenvalue weighted by molar-refractivity contribution is 5.92. The van der Waals surface area contributed by atoms with Gasteiger partial charge >= 0.3 is 0 Å². The van der Waals surface area contributed by atoms with Crippen LogP contribution in [0, 0.1) is 11.3 Å². The summed E-state index contributed by atoms with van der Waals surface area (Å²) in [6.45, 7) is 4.23. The maximum absolute atomic E-state index is 12.5. The van der Waals surface area contributed by atoms with E-state index in [1.807, 2.05) is 23.1 Å². The Labute approximate surface area is 138 Å². The van der Waals surface area contributed by atoms with Crippen LogP contribution in [0.4, 0.5) is 0 Å².